The number of anilines is 1. The molecule has 3 aliphatic rings. The van der Waals surface area contributed by atoms with Crippen LogP contribution in [0.15, 0.2) is 24.3 Å². The lowest BCUT2D eigenvalue weighted by Crippen LogP contribution is -2.52. The zero-order valence-electron chi connectivity index (χ0n) is 21.7. The van der Waals surface area contributed by atoms with E-state index in [1.54, 1.807) is 4.90 Å². The van der Waals surface area contributed by atoms with Gasteiger partial charge in [-0.25, -0.2) is 0 Å². The van der Waals surface area contributed by atoms with Crippen molar-refractivity contribution in [3.63, 3.8) is 0 Å². The zero-order chi connectivity index (χ0) is 24.2. The molecule has 1 aromatic rings. The molecule has 3 atom stereocenters. The predicted molar refractivity (Wildman–Crippen MR) is 152 cm³/mol. The van der Waals surface area contributed by atoms with Gasteiger partial charge in [-0.3, -0.25) is 19.3 Å². The predicted octanol–water partition coefficient (Wildman–Crippen LogP) is 2.16. The van der Waals surface area contributed by atoms with Crippen molar-refractivity contribution in [3.05, 3.63) is 29.8 Å². The number of benzene rings is 1. The van der Waals surface area contributed by atoms with Crippen LogP contribution in [0.4, 0.5) is 5.69 Å². The third kappa shape index (κ3) is 6.96. The van der Waals surface area contributed by atoms with Gasteiger partial charge in [0.15, 0.2) is 5.78 Å². The quantitative estimate of drug-likeness (QED) is 0.546. The summed E-state index contributed by atoms with van der Waals surface area (Å²) in [7, 11) is 0. The molecule has 1 aromatic carbocycles. The number of hydrogen-bond donors (Lipinski definition) is 1. The molecule has 0 radical (unpaired) electrons. The van der Waals surface area contributed by atoms with Crippen molar-refractivity contribution in [3.8, 4) is 0 Å². The third-order valence-electron chi connectivity index (χ3n) is 7.11. The molecule has 0 unspecified atom stereocenters. The van der Waals surface area contributed by atoms with Gasteiger partial charge in [0.1, 0.15) is 18.7 Å². The van der Waals surface area contributed by atoms with E-state index in [2.05, 4.69) is 22.0 Å². The Balaban J connectivity index is 0.00000228. The number of nitrogens with one attached hydrogen (secondary N) is 1. The minimum Gasteiger partial charge on any atom is -0.369 e. The molecule has 0 spiro atoms. The summed E-state index contributed by atoms with van der Waals surface area (Å²) < 4.78 is 5.52. The monoisotopic (exact) mass is 538 g/mol. The highest BCUT2D eigenvalue weighted by Gasteiger charge is 2.48. The summed E-state index contributed by atoms with van der Waals surface area (Å²) in [5.74, 6) is -0.272. The standard InChI is InChI=1S/C26H38N4O4.2H2S/c1-4-10-28-12-14-29(15-13-28)20-7-5-19(6-8-20)25(32)27-21(16-18(2)3)26(33)30-11-9-23-24(30)22(31)17-34-23;;/h5-8,18,21,23-24H,4,9-17H2,1-3H3,(H,27,32);2*1H2/t21-,23+,24+;;/m0../s1. The molecule has 0 aliphatic carbocycles. The maximum atomic E-state index is 13.4. The van der Waals surface area contributed by atoms with Crippen LogP contribution in [0.1, 0.15) is 50.4 Å². The highest BCUT2D eigenvalue weighted by atomic mass is 32.1. The molecule has 10 heteroatoms. The van der Waals surface area contributed by atoms with E-state index in [-0.39, 0.29) is 63.2 Å². The molecule has 3 fully saturated rings. The normalized spacial score (nSPS) is 22.6. The van der Waals surface area contributed by atoms with Gasteiger partial charge < -0.3 is 19.9 Å². The first kappa shape index (κ1) is 30.5. The largest absolute Gasteiger partial charge is 0.369 e. The molecule has 0 bridgehead atoms. The van der Waals surface area contributed by atoms with E-state index in [4.69, 9.17) is 4.74 Å². The van der Waals surface area contributed by atoms with Crippen LogP contribution in [0.3, 0.4) is 0 Å². The van der Waals surface area contributed by atoms with Crippen LogP contribution >= 0.6 is 27.0 Å². The number of carbonyl (C=O) groups excluding carboxylic acids is 3. The summed E-state index contributed by atoms with van der Waals surface area (Å²) in [5.41, 5.74) is 1.65. The lowest BCUT2D eigenvalue weighted by atomic mass is 10.0. The molecule has 202 valence electrons. The van der Waals surface area contributed by atoms with Crippen LogP contribution in [0, 0.1) is 5.92 Å². The van der Waals surface area contributed by atoms with Gasteiger partial charge in [-0.2, -0.15) is 27.0 Å². The maximum Gasteiger partial charge on any atom is 0.251 e. The van der Waals surface area contributed by atoms with Gasteiger partial charge in [0, 0.05) is 44.0 Å². The fourth-order valence-electron chi connectivity index (χ4n) is 5.35. The Morgan fingerprint density at radius 3 is 2.33 bits per heavy atom. The van der Waals surface area contributed by atoms with Crippen molar-refractivity contribution in [2.24, 2.45) is 5.92 Å². The molecule has 3 heterocycles. The van der Waals surface area contributed by atoms with Crippen molar-refractivity contribution < 1.29 is 19.1 Å². The zero-order valence-corrected chi connectivity index (χ0v) is 23.7. The lowest BCUT2D eigenvalue weighted by molar-refractivity contribution is -0.138. The van der Waals surface area contributed by atoms with Crippen molar-refractivity contribution in [2.75, 3.05) is 50.8 Å². The second-order valence-electron chi connectivity index (χ2n) is 10.1. The topological polar surface area (TPSA) is 82.2 Å². The molecule has 36 heavy (non-hydrogen) atoms. The summed E-state index contributed by atoms with van der Waals surface area (Å²) in [6.07, 6.45) is 2.16. The average Bonchev–Trinajstić information content (AvgIpc) is 3.42. The number of carbonyl (C=O) groups is 3. The van der Waals surface area contributed by atoms with Crippen molar-refractivity contribution in [1.29, 1.82) is 0 Å². The van der Waals surface area contributed by atoms with E-state index in [1.165, 1.54) is 6.42 Å². The van der Waals surface area contributed by atoms with Gasteiger partial charge in [-0.1, -0.05) is 20.8 Å². The minimum absolute atomic E-state index is 0. The molecule has 3 aliphatic heterocycles. The van der Waals surface area contributed by atoms with Crippen LogP contribution < -0.4 is 10.2 Å². The summed E-state index contributed by atoms with van der Waals surface area (Å²) in [4.78, 5) is 45.1. The molecule has 3 saturated heterocycles. The summed E-state index contributed by atoms with van der Waals surface area (Å²) >= 11 is 0. The minimum atomic E-state index is -0.661. The number of nitrogens with zero attached hydrogens (tertiary/aromatic N) is 3. The number of ketones is 1. The number of rotatable bonds is 8. The molecule has 8 nitrogen and oxygen atoms in total. The Hall–Kier alpha value is -1.75. The molecular weight excluding hydrogens is 496 g/mol. The Kier molecular flexibility index (Phi) is 11.6. The second kappa shape index (κ2) is 13.7. The Labute approximate surface area is 229 Å². The van der Waals surface area contributed by atoms with E-state index in [1.807, 2.05) is 38.1 Å². The first-order chi connectivity index (χ1) is 16.4. The van der Waals surface area contributed by atoms with Crippen molar-refractivity contribution in [2.45, 2.75) is 58.2 Å². The van der Waals surface area contributed by atoms with Gasteiger partial charge in [-0.15, -0.1) is 0 Å². The first-order valence-electron chi connectivity index (χ1n) is 12.7. The summed E-state index contributed by atoms with van der Waals surface area (Å²) in [6.45, 7) is 12.0. The van der Waals surface area contributed by atoms with Crippen LogP contribution in [-0.4, -0.2) is 91.5 Å². The molecular formula is C26H42N4O4S2. The van der Waals surface area contributed by atoms with Crippen LogP contribution in [0.5, 0.6) is 0 Å². The fourth-order valence-corrected chi connectivity index (χ4v) is 5.35. The number of piperazine rings is 1. The van der Waals surface area contributed by atoms with Gasteiger partial charge in [0.2, 0.25) is 5.91 Å². The molecule has 0 saturated carbocycles. The van der Waals surface area contributed by atoms with E-state index in [9.17, 15) is 14.4 Å². The highest BCUT2D eigenvalue weighted by Crippen LogP contribution is 2.28. The van der Waals surface area contributed by atoms with Gasteiger partial charge in [0.05, 0.1) is 6.10 Å². The number of hydrogen-bond acceptors (Lipinski definition) is 6. The van der Waals surface area contributed by atoms with Gasteiger partial charge >= 0.3 is 0 Å². The highest BCUT2D eigenvalue weighted by molar-refractivity contribution is 7.59. The molecule has 0 aromatic heterocycles. The van der Waals surface area contributed by atoms with Crippen LogP contribution in [-0.2, 0) is 14.3 Å². The van der Waals surface area contributed by atoms with Crippen molar-refractivity contribution >= 4 is 50.3 Å². The number of ether oxygens (including phenoxy) is 1. The summed E-state index contributed by atoms with van der Waals surface area (Å²) in [5, 5.41) is 2.95. The van der Waals surface area contributed by atoms with E-state index >= 15 is 0 Å². The van der Waals surface area contributed by atoms with Crippen LogP contribution in [0.25, 0.3) is 0 Å². The first-order valence-corrected chi connectivity index (χ1v) is 12.7. The van der Waals surface area contributed by atoms with Crippen molar-refractivity contribution in [1.82, 2.24) is 15.1 Å². The lowest BCUT2D eigenvalue weighted by Gasteiger charge is -2.36. The number of likely N-dealkylation sites (tertiary alicyclic amines) is 1. The van der Waals surface area contributed by atoms with E-state index in [0.29, 0.717) is 24.9 Å². The second-order valence-corrected chi connectivity index (χ2v) is 10.1. The Bertz CT molecular complexity index is 890. The average molecular weight is 539 g/mol. The third-order valence-corrected chi connectivity index (χ3v) is 7.11. The van der Waals surface area contributed by atoms with Crippen LogP contribution in [0.2, 0.25) is 0 Å². The van der Waals surface area contributed by atoms with E-state index in [0.717, 1.165) is 38.4 Å². The summed E-state index contributed by atoms with van der Waals surface area (Å²) in [6, 6.07) is 6.48. The fraction of sp³-hybridized carbons (Fsp3) is 0.654. The number of fused-ring (bicyclic) bond motifs is 1. The SMILES string of the molecule is CCCN1CCN(c2ccc(C(=O)N[C@@H](CC(C)C)C(=O)N3CC[C@H]4OCC(=O)[C@H]43)cc2)CC1.S.S. The molecule has 2 amide bonds. The maximum absolute atomic E-state index is 13.4. The van der Waals surface area contributed by atoms with Gasteiger partial charge in [-0.05, 0) is 56.0 Å². The number of Topliss-reactive ketones (excluding diaryl/α,β-unsaturated/α-hetero) is 1. The van der Waals surface area contributed by atoms with Gasteiger partial charge in [0.25, 0.3) is 5.91 Å². The number of amides is 2. The Morgan fingerprint density at radius 1 is 1.06 bits per heavy atom. The van der Waals surface area contributed by atoms with E-state index < -0.39 is 12.1 Å². The molecule has 4 rings (SSSR count). The molecule has 1 N–H and O–H groups in total. The smallest absolute Gasteiger partial charge is 0.251 e. The Morgan fingerprint density at radius 2 is 1.72 bits per heavy atom.